The van der Waals surface area contributed by atoms with Gasteiger partial charge in [-0.3, -0.25) is 9.36 Å². The van der Waals surface area contributed by atoms with Crippen molar-refractivity contribution in [2.75, 3.05) is 20.1 Å². The van der Waals surface area contributed by atoms with E-state index in [4.69, 9.17) is 0 Å². The van der Waals surface area contributed by atoms with Crippen LogP contribution in [-0.2, 0) is 0 Å². The standard InChI is InChI=1S/C22H21F2N5O/c1-13-10-28-11-14(9-18(23)21(28)26-13)16-3-4-17-20(19(16)24)25-12-29(22(17)30)15-5-7-27(2)8-6-15/h3-4,9-12,15H,5-8H2,1-2H3. The van der Waals surface area contributed by atoms with Gasteiger partial charge in [-0.15, -0.1) is 0 Å². The lowest BCUT2D eigenvalue weighted by Gasteiger charge is -2.30. The fourth-order valence-electron chi connectivity index (χ4n) is 4.26. The highest BCUT2D eigenvalue weighted by Crippen LogP contribution is 2.29. The van der Waals surface area contributed by atoms with Gasteiger partial charge in [0.1, 0.15) is 5.52 Å². The predicted molar refractivity (Wildman–Crippen MR) is 111 cm³/mol. The second-order valence-corrected chi connectivity index (χ2v) is 8.00. The van der Waals surface area contributed by atoms with Crippen molar-refractivity contribution in [3.8, 4) is 11.1 Å². The first-order valence-electron chi connectivity index (χ1n) is 9.95. The Kier molecular flexibility index (Phi) is 4.39. The van der Waals surface area contributed by atoms with E-state index in [1.165, 1.54) is 22.9 Å². The molecule has 0 bridgehead atoms. The maximum Gasteiger partial charge on any atom is 0.261 e. The highest BCUT2D eigenvalue weighted by molar-refractivity contribution is 5.84. The fourth-order valence-corrected chi connectivity index (χ4v) is 4.26. The minimum absolute atomic E-state index is 0.00370. The van der Waals surface area contributed by atoms with Gasteiger partial charge in [-0.05, 0) is 52.0 Å². The number of nitrogens with zero attached hydrogens (tertiary/aromatic N) is 5. The smallest absolute Gasteiger partial charge is 0.261 e. The third kappa shape index (κ3) is 2.99. The zero-order valence-electron chi connectivity index (χ0n) is 16.8. The number of aromatic nitrogens is 4. The van der Waals surface area contributed by atoms with Crippen LogP contribution in [0.4, 0.5) is 8.78 Å². The summed E-state index contributed by atoms with van der Waals surface area (Å²) in [6.45, 7) is 3.58. The number of aryl methyl sites for hydroxylation is 1. The van der Waals surface area contributed by atoms with E-state index < -0.39 is 11.6 Å². The molecule has 0 spiro atoms. The molecule has 30 heavy (non-hydrogen) atoms. The van der Waals surface area contributed by atoms with Gasteiger partial charge < -0.3 is 9.30 Å². The average Bonchev–Trinajstić information content (AvgIpc) is 3.11. The van der Waals surface area contributed by atoms with Crippen molar-refractivity contribution in [2.24, 2.45) is 0 Å². The topological polar surface area (TPSA) is 55.4 Å². The summed E-state index contributed by atoms with van der Waals surface area (Å²) in [6, 6.07) is 4.42. The summed E-state index contributed by atoms with van der Waals surface area (Å²) in [5.41, 5.74) is 1.17. The average molecular weight is 409 g/mol. The Balaban J connectivity index is 1.61. The Labute approximate surface area is 171 Å². The molecule has 1 aliphatic heterocycles. The fraction of sp³-hybridized carbons (Fsp3) is 0.318. The van der Waals surface area contributed by atoms with Gasteiger partial charge in [-0.1, -0.05) is 6.07 Å². The molecule has 0 saturated carbocycles. The third-order valence-corrected chi connectivity index (χ3v) is 5.91. The molecule has 1 saturated heterocycles. The molecule has 0 amide bonds. The summed E-state index contributed by atoms with van der Waals surface area (Å²) in [4.78, 5) is 23.6. The van der Waals surface area contributed by atoms with Crippen LogP contribution in [-0.4, -0.2) is 44.0 Å². The lowest BCUT2D eigenvalue weighted by atomic mass is 10.0. The molecule has 154 valence electrons. The number of pyridine rings is 1. The van der Waals surface area contributed by atoms with Gasteiger partial charge in [0.2, 0.25) is 0 Å². The highest BCUT2D eigenvalue weighted by atomic mass is 19.1. The molecule has 1 aromatic carbocycles. The monoisotopic (exact) mass is 409 g/mol. The normalized spacial score (nSPS) is 16.0. The van der Waals surface area contributed by atoms with Gasteiger partial charge >= 0.3 is 0 Å². The zero-order valence-corrected chi connectivity index (χ0v) is 16.8. The quantitative estimate of drug-likeness (QED) is 0.508. The number of likely N-dealkylation sites (tertiary alicyclic amines) is 1. The van der Waals surface area contributed by atoms with Crippen LogP contribution < -0.4 is 5.56 Å². The van der Waals surface area contributed by atoms with Crippen molar-refractivity contribution in [1.29, 1.82) is 0 Å². The van der Waals surface area contributed by atoms with E-state index in [0.29, 0.717) is 11.3 Å². The zero-order chi connectivity index (χ0) is 21.0. The maximum absolute atomic E-state index is 15.3. The second-order valence-electron chi connectivity index (χ2n) is 8.00. The number of fused-ring (bicyclic) bond motifs is 2. The molecule has 5 rings (SSSR count). The van der Waals surface area contributed by atoms with Crippen molar-refractivity contribution in [1.82, 2.24) is 23.8 Å². The van der Waals surface area contributed by atoms with Crippen molar-refractivity contribution >= 4 is 16.6 Å². The SMILES string of the molecule is Cc1cn2cc(-c3ccc4c(=O)n(C5CCN(C)CC5)cnc4c3F)cc(F)c2n1. The van der Waals surface area contributed by atoms with Gasteiger partial charge in [0, 0.05) is 29.6 Å². The molecule has 6 nitrogen and oxygen atoms in total. The summed E-state index contributed by atoms with van der Waals surface area (Å²) >= 11 is 0. The molecule has 4 heterocycles. The molecular formula is C22H21F2N5O. The number of rotatable bonds is 2. The molecule has 1 aliphatic rings. The van der Waals surface area contributed by atoms with E-state index in [1.54, 1.807) is 30.0 Å². The van der Waals surface area contributed by atoms with Crippen LogP contribution in [0.2, 0.25) is 0 Å². The number of hydrogen-bond acceptors (Lipinski definition) is 4. The van der Waals surface area contributed by atoms with E-state index in [1.807, 2.05) is 0 Å². The number of imidazole rings is 1. The molecule has 0 atom stereocenters. The summed E-state index contributed by atoms with van der Waals surface area (Å²) in [5, 5.41) is 0.234. The molecule has 3 aromatic heterocycles. The largest absolute Gasteiger partial charge is 0.306 e. The van der Waals surface area contributed by atoms with Crippen LogP contribution >= 0.6 is 0 Å². The van der Waals surface area contributed by atoms with Crippen molar-refractivity contribution in [3.05, 3.63) is 64.6 Å². The van der Waals surface area contributed by atoms with Gasteiger partial charge in [0.25, 0.3) is 5.56 Å². The van der Waals surface area contributed by atoms with Crippen LogP contribution in [0.3, 0.4) is 0 Å². The molecule has 0 N–H and O–H groups in total. The molecule has 1 fully saturated rings. The minimum Gasteiger partial charge on any atom is -0.306 e. The highest BCUT2D eigenvalue weighted by Gasteiger charge is 2.22. The third-order valence-electron chi connectivity index (χ3n) is 5.91. The number of piperidine rings is 1. The Morgan fingerprint density at radius 3 is 2.67 bits per heavy atom. The van der Waals surface area contributed by atoms with Crippen molar-refractivity contribution < 1.29 is 8.78 Å². The summed E-state index contributed by atoms with van der Waals surface area (Å²) < 4.78 is 33.0. The van der Waals surface area contributed by atoms with Gasteiger partial charge in [0.15, 0.2) is 17.3 Å². The Bertz CT molecular complexity index is 1340. The van der Waals surface area contributed by atoms with Gasteiger partial charge in [-0.2, -0.15) is 0 Å². The van der Waals surface area contributed by atoms with Crippen LogP contribution in [0.25, 0.3) is 27.7 Å². The first kappa shape index (κ1) is 18.9. The van der Waals surface area contributed by atoms with Gasteiger partial charge in [-0.25, -0.2) is 18.7 Å². The first-order valence-corrected chi connectivity index (χ1v) is 9.95. The maximum atomic E-state index is 15.3. The first-order chi connectivity index (χ1) is 14.4. The van der Waals surface area contributed by atoms with Crippen LogP contribution in [0.15, 0.2) is 41.7 Å². The van der Waals surface area contributed by atoms with E-state index in [-0.39, 0.29) is 33.7 Å². The summed E-state index contributed by atoms with van der Waals surface area (Å²) in [5.74, 6) is -1.17. The number of hydrogen-bond donors (Lipinski definition) is 0. The molecular weight excluding hydrogens is 388 g/mol. The van der Waals surface area contributed by atoms with E-state index >= 15 is 4.39 Å². The Morgan fingerprint density at radius 1 is 1.13 bits per heavy atom. The van der Waals surface area contributed by atoms with Crippen molar-refractivity contribution in [2.45, 2.75) is 25.8 Å². The Hall–Kier alpha value is -3.13. The number of benzene rings is 1. The predicted octanol–water partition coefficient (Wildman–Crippen LogP) is 3.56. The minimum atomic E-state index is -0.629. The molecule has 0 unspecified atom stereocenters. The van der Waals surface area contributed by atoms with Crippen molar-refractivity contribution in [3.63, 3.8) is 0 Å². The molecule has 0 aliphatic carbocycles. The Morgan fingerprint density at radius 2 is 1.90 bits per heavy atom. The van der Waals surface area contributed by atoms with E-state index in [9.17, 15) is 9.18 Å². The lowest BCUT2D eigenvalue weighted by Crippen LogP contribution is -2.35. The molecule has 8 heteroatoms. The molecule has 0 radical (unpaired) electrons. The van der Waals surface area contributed by atoms with E-state index in [0.717, 1.165) is 25.9 Å². The van der Waals surface area contributed by atoms with Gasteiger partial charge in [0.05, 0.1) is 17.4 Å². The van der Waals surface area contributed by atoms with Crippen LogP contribution in [0.1, 0.15) is 24.6 Å². The van der Waals surface area contributed by atoms with Crippen LogP contribution in [0.5, 0.6) is 0 Å². The lowest BCUT2D eigenvalue weighted by molar-refractivity contribution is 0.218. The summed E-state index contributed by atoms with van der Waals surface area (Å²) in [7, 11) is 2.06. The summed E-state index contributed by atoms with van der Waals surface area (Å²) in [6.07, 6.45) is 6.46. The molecule has 4 aromatic rings. The van der Waals surface area contributed by atoms with Crippen LogP contribution in [0, 0.1) is 18.6 Å². The number of halogens is 2. The van der Waals surface area contributed by atoms with E-state index in [2.05, 4.69) is 21.9 Å². The second kappa shape index (κ2) is 6.98.